The molecule has 1 aromatic heterocycles. The average Bonchev–Trinajstić information content (AvgIpc) is 3.24. The predicted octanol–water partition coefficient (Wildman–Crippen LogP) is 5.76. The molecule has 170 valence electrons. The Morgan fingerprint density at radius 1 is 0.848 bits per heavy atom. The fourth-order valence-electron chi connectivity index (χ4n) is 3.02. The van der Waals surface area contributed by atoms with Gasteiger partial charge in [0.1, 0.15) is 11.5 Å². The van der Waals surface area contributed by atoms with Gasteiger partial charge in [0.2, 0.25) is 5.82 Å². The van der Waals surface area contributed by atoms with Crippen LogP contribution in [0.5, 0.6) is 11.5 Å². The maximum atomic E-state index is 12.7. The van der Waals surface area contributed by atoms with E-state index in [9.17, 15) is 21.6 Å². The molecule has 0 unspecified atom stereocenters. The highest BCUT2D eigenvalue weighted by molar-refractivity contribution is 7.89. The molecule has 10 heteroatoms. The van der Waals surface area contributed by atoms with Crippen molar-refractivity contribution in [1.82, 2.24) is 10.1 Å². The van der Waals surface area contributed by atoms with E-state index in [1.54, 1.807) is 48.5 Å². The van der Waals surface area contributed by atoms with Crippen LogP contribution in [0.4, 0.5) is 13.2 Å². The topological polar surface area (TPSA) is 82.3 Å². The van der Waals surface area contributed by atoms with E-state index in [1.165, 1.54) is 18.4 Å². The number of hydrogen-bond donors (Lipinski definition) is 0. The fourth-order valence-corrected chi connectivity index (χ4v) is 3.82. The summed E-state index contributed by atoms with van der Waals surface area (Å²) >= 11 is 0. The van der Waals surface area contributed by atoms with Crippen LogP contribution >= 0.6 is 0 Å². The minimum atomic E-state index is -4.40. The van der Waals surface area contributed by atoms with E-state index in [4.69, 9.17) is 9.26 Å². The normalized spacial score (nSPS) is 12.0. The highest BCUT2D eigenvalue weighted by Gasteiger charge is 2.30. The van der Waals surface area contributed by atoms with Gasteiger partial charge in [0.25, 0.3) is 5.89 Å². The van der Waals surface area contributed by atoms with E-state index in [0.717, 1.165) is 12.1 Å². The Bertz CT molecular complexity index is 1350. The van der Waals surface area contributed by atoms with Crippen molar-refractivity contribution in [3.8, 4) is 34.3 Å². The molecule has 4 rings (SSSR count). The number of benzene rings is 3. The smallest absolute Gasteiger partial charge is 0.416 e. The number of aromatic nitrogens is 2. The summed E-state index contributed by atoms with van der Waals surface area (Å²) in [7, 11) is -3.12. The van der Waals surface area contributed by atoms with Gasteiger partial charge in [-0.3, -0.25) is 0 Å². The molecule has 0 aliphatic heterocycles. The molecule has 0 spiro atoms. The van der Waals surface area contributed by atoms with Crippen LogP contribution in [-0.2, 0) is 21.8 Å². The van der Waals surface area contributed by atoms with Crippen LogP contribution < -0.4 is 4.74 Å². The fraction of sp³-hybridized carbons (Fsp3) is 0.130. The summed E-state index contributed by atoms with van der Waals surface area (Å²) in [6.45, 7) is 0. The molecule has 0 aliphatic carbocycles. The second-order valence-corrected chi connectivity index (χ2v) is 9.48. The van der Waals surface area contributed by atoms with E-state index < -0.39 is 21.6 Å². The van der Waals surface area contributed by atoms with Crippen molar-refractivity contribution in [3.05, 3.63) is 83.9 Å². The summed E-state index contributed by atoms with van der Waals surface area (Å²) < 4.78 is 71.7. The van der Waals surface area contributed by atoms with Crippen molar-refractivity contribution in [2.75, 3.05) is 6.26 Å². The van der Waals surface area contributed by atoms with Gasteiger partial charge in [-0.15, -0.1) is 0 Å². The summed E-state index contributed by atoms with van der Waals surface area (Å²) in [6.07, 6.45) is -3.23. The first-order valence-corrected chi connectivity index (χ1v) is 11.7. The lowest BCUT2D eigenvalue weighted by Crippen LogP contribution is -2.03. The van der Waals surface area contributed by atoms with Crippen molar-refractivity contribution in [1.29, 1.82) is 0 Å². The van der Waals surface area contributed by atoms with Crippen molar-refractivity contribution in [2.24, 2.45) is 0 Å². The molecular formula is C23H17F3N2O4S. The SMILES string of the molecule is CS(=O)(=O)Cc1ccc(-c2nc(-c3ccc(Oc4ccc(C(F)(F)F)cc4)cc3)no2)cc1. The highest BCUT2D eigenvalue weighted by atomic mass is 32.2. The minimum absolute atomic E-state index is 0.0523. The number of rotatable bonds is 6. The molecular weight excluding hydrogens is 457 g/mol. The van der Waals surface area contributed by atoms with Crippen LogP contribution in [0.2, 0.25) is 0 Å². The van der Waals surface area contributed by atoms with Crippen molar-refractivity contribution >= 4 is 9.84 Å². The molecule has 6 nitrogen and oxygen atoms in total. The van der Waals surface area contributed by atoms with Crippen LogP contribution in [0.3, 0.4) is 0 Å². The van der Waals surface area contributed by atoms with E-state index >= 15 is 0 Å². The number of hydrogen-bond acceptors (Lipinski definition) is 6. The molecule has 0 bridgehead atoms. The summed E-state index contributed by atoms with van der Waals surface area (Å²) in [4.78, 5) is 4.36. The van der Waals surface area contributed by atoms with Gasteiger partial charge in [0, 0.05) is 17.4 Å². The standard InChI is InChI=1S/C23H17F3N2O4S/c1-33(29,30)14-15-2-4-17(5-3-15)22-27-21(28-32-22)16-6-10-19(11-7-16)31-20-12-8-18(9-13-20)23(24,25)26/h2-13H,14H2,1H3. The molecule has 1 heterocycles. The Kier molecular flexibility index (Phi) is 5.94. The van der Waals surface area contributed by atoms with Gasteiger partial charge in [-0.2, -0.15) is 18.2 Å². The van der Waals surface area contributed by atoms with Crippen molar-refractivity contribution in [3.63, 3.8) is 0 Å². The molecule has 0 saturated heterocycles. The van der Waals surface area contributed by atoms with E-state index in [2.05, 4.69) is 10.1 Å². The monoisotopic (exact) mass is 474 g/mol. The van der Waals surface area contributed by atoms with Crippen LogP contribution in [0.1, 0.15) is 11.1 Å². The van der Waals surface area contributed by atoms with Crippen molar-refractivity contribution in [2.45, 2.75) is 11.9 Å². The van der Waals surface area contributed by atoms with Gasteiger partial charge in [-0.25, -0.2) is 8.42 Å². The van der Waals surface area contributed by atoms with Crippen molar-refractivity contribution < 1.29 is 30.8 Å². The quantitative estimate of drug-likeness (QED) is 0.353. The first-order valence-electron chi connectivity index (χ1n) is 9.63. The Morgan fingerprint density at radius 3 is 1.94 bits per heavy atom. The van der Waals surface area contributed by atoms with E-state index in [-0.39, 0.29) is 17.4 Å². The molecule has 0 N–H and O–H groups in total. The summed E-state index contributed by atoms with van der Waals surface area (Å²) in [5.74, 6) is 1.27. The Balaban J connectivity index is 1.44. The maximum Gasteiger partial charge on any atom is 0.416 e. The van der Waals surface area contributed by atoms with E-state index in [0.29, 0.717) is 28.3 Å². The third-order valence-corrected chi connectivity index (χ3v) is 5.44. The lowest BCUT2D eigenvalue weighted by molar-refractivity contribution is -0.137. The van der Waals surface area contributed by atoms with Gasteiger partial charge >= 0.3 is 6.18 Å². The molecule has 4 aromatic rings. The average molecular weight is 474 g/mol. The van der Waals surface area contributed by atoms with Gasteiger partial charge in [0.05, 0.1) is 11.3 Å². The molecule has 0 radical (unpaired) electrons. The van der Waals surface area contributed by atoms with E-state index in [1.807, 2.05) is 0 Å². The van der Waals surface area contributed by atoms with Gasteiger partial charge in [0.15, 0.2) is 9.84 Å². The zero-order chi connectivity index (χ0) is 23.6. The van der Waals surface area contributed by atoms with Crippen LogP contribution in [0.25, 0.3) is 22.8 Å². The number of ether oxygens (including phenoxy) is 1. The second kappa shape index (κ2) is 8.70. The Hall–Kier alpha value is -3.66. The zero-order valence-electron chi connectivity index (χ0n) is 17.2. The third-order valence-electron chi connectivity index (χ3n) is 4.59. The predicted molar refractivity (Wildman–Crippen MR) is 115 cm³/mol. The number of alkyl halides is 3. The number of halogens is 3. The Labute approximate surface area is 187 Å². The number of sulfone groups is 1. The highest BCUT2D eigenvalue weighted by Crippen LogP contribution is 2.32. The molecule has 0 atom stereocenters. The summed E-state index contributed by atoms with van der Waals surface area (Å²) in [5.41, 5.74) is 1.21. The third kappa shape index (κ3) is 5.78. The lowest BCUT2D eigenvalue weighted by atomic mass is 10.1. The Morgan fingerprint density at radius 2 is 1.39 bits per heavy atom. The molecule has 0 aliphatic rings. The minimum Gasteiger partial charge on any atom is -0.457 e. The summed E-state index contributed by atoms with van der Waals surface area (Å²) in [5, 5.41) is 3.96. The molecule has 0 amide bonds. The van der Waals surface area contributed by atoms with Crippen LogP contribution in [-0.4, -0.2) is 24.8 Å². The first-order chi connectivity index (χ1) is 15.6. The molecule has 3 aromatic carbocycles. The zero-order valence-corrected chi connectivity index (χ0v) is 18.0. The largest absolute Gasteiger partial charge is 0.457 e. The van der Waals surface area contributed by atoms with Crippen LogP contribution in [0.15, 0.2) is 77.3 Å². The molecule has 33 heavy (non-hydrogen) atoms. The van der Waals surface area contributed by atoms with Crippen LogP contribution in [0, 0.1) is 0 Å². The molecule has 0 fully saturated rings. The van der Waals surface area contributed by atoms with Gasteiger partial charge < -0.3 is 9.26 Å². The molecule has 0 saturated carbocycles. The first kappa shape index (κ1) is 22.5. The summed E-state index contributed by atoms with van der Waals surface area (Å²) in [6, 6.07) is 17.9. The maximum absolute atomic E-state index is 12.7. The number of nitrogens with zero attached hydrogens (tertiary/aromatic N) is 2. The lowest BCUT2D eigenvalue weighted by Gasteiger charge is -2.09. The second-order valence-electron chi connectivity index (χ2n) is 7.34. The van der Waals surface area contributed by atoms with Gasteiger partial charge in [-0.05, 0) is 66.2 Å². The van der Waals surface area contributed by atoms with Gasteiger partial charge in [-0.1, -0.05) is 17.3 Å².